The third kappa shape index (κ3) is 3.01. The van der Waals surface area contributed by atoms with Gasteiger partial charge in [-0.05, 0) is 12.1 Å². The van der Waals surface area contributed by atoms with E-state index in [1.165, 1.54) is 4.68 Å². The number of nitrogens with zero attached hydrogens (tertiary/aromatic N) is 3. The van der Waals surface area contributed by atoms with E-state index in [1.807, 2.05) is 0 Å². The van der Waals surface area contributed by atoms with Crippen LogP contribution in [-0.2, 0) is 29.1 Å². The van der Waals surface area contributed by atoms with Crippen molar-refractivity contribution in [1.29, 1.82) is 0 Å². The molecular formula is C18H16Cl2N4O3. The SMILES string of the molecule is O=CCn1ccc(-c2cc(Cl)c(Cl)c3[nH]c4c(c23)CN(C(=O)CO)CC4)n1. The Bertz CT molecular complexity index is 1060. The molecule has 0 radical (unpaired) electrons. The van der Waals surface area contributed by atoms with E-state index >= 15 is 0 Å². The first-order valence-corrected chi connectivity index (χ1v) is 9.16. The molecule has 0 fully saturated rings. The smallest absolute Gasteiger partial charge is 0.248 e. The molecule has 0 aliphatic carbocycles. The van der Waals surface area contributed by atoms with Crippen molar-refractivity contribution >= 4 is 46.3 Å². The number of H-pyrrole nitrogens is 1. The molecule has 3 heterocycles. The van der Waals surface area contributed by atoms with E-state index in [0.717, 1.165) is 28.5 Å². The Morgan fingerprint density at radius 3 is 2.96 bits per heavy atom. The van der Waals surface area contributed by atoms with Crippen LogP contribution in [0.3, 0.4) is 0 Å². The number of aromatic nitrogens is 3. The molecule has 4 rings (SSSR count). The molecule has 1 amide bonds. The molecule has 1 aliphatic rings. The van der Waals surface area contributed by atoms with E-state index in [4.69, 9.17) is 23.2 Å². The molecule has 27 heavy (non-hydrogen) atoms. The van der Waals surface area contributed by atoms with Crippen LogP contribution < -0.4 is 0 Å². The zero-order valence-corrected chi connectivity index (χ0v) is 15.7. The van der Waals surface area contributed by atoms with Gasteiger partial charge in [0.25, 0.3) is 0 Å². The number of amides is 1. The van der Waals surface area contributed by atoms with Crippen LogP contribution in [0, 0.1) is 0 Å². The van der Waals surface area contributed by atoms with Crippen molar-refractivity contribution < 1.29 is 14.7 Å². The second kappa shape index (κ2) is 6.99. The number of aldehydes is 1. The number of carbonyl (C=O) groups is 2. The predicted octanol–water partition coefficient (Wildman–Crippen LogP) is 2.41. The predicted molar refractivity (Wildman–Crippen MR) is 102 cm³/mol. The quantitative estimate of drug-likeness (QED) is 0.650. The molecule has 9 heteroatoms. The summed E-state index contributed by atoms with van der Waals surface area (Å²) in [6.45, 7) is 0.532. The van der Waals surface area contributed by atoms with E-state index < -0.39 is 6.61 Å². The second-order valence-corrected chi connectivity index (χ2v) is 7.15. The summed E-state index contributed by atoms with van der Waals surface area (Å²) in [5.74, 6) is -0.313. The van der Waals surface area contributed by atoms with Crippen LogP contribution in [-0.4, -0.2) is 50.1 Å². The molecule has 0 unspecified atom stereocenters. The van der Waals surface area contributed by atoms with Gasteiger partial charge in [0.05, 0.1) is 27.8 Å². The molecule has 3 aromatic rings. The normalized spacial score (nSPS) is 13.8. The number of rotatable bonds is 4. The van der Waals surface area contributed by atoms with Crippen molar-refractivity contribution in [2.24, 2.45) is 0 Å². The summed E-state index contributed by atoms with van der Waals surface area (Å²) in [7, 11) is 0. The maximum absolute atomic E-state index is 12.0. The number of carbonyl (C=O) groups excluding carboxylic acids is 2. The fourth-order valence-electron chi connectivity index (χ4n) is 3.54. The number of aliphatic hydroxyl groups is 1. The average Bonchev–Trinajstić information content (AvgIpc) is 3.29. The van der Waals surface area contributed by atoms with Gasteiger partial charge in [0.2, 0.25) is 5.91 Å². The molecule has 1 aromatic carbocycles. The van der Waals surface area contributed by atoms with E-state index in [1.54, 1.807) is 23.2 Å². The lowest BCUT2D eigenvalue weighted by Gasteiger charge is -2.26. The number of fused-ring (bicyclic) bond motifs is 3. The molecule has 7 nitrogen and oxygen atoms in total. The van der Waals surface area contributed by atoms with Crippen LogP contribution in [0.5, 0.6) is 0 Å². The number of hydrogen-bond donors (Lipinski definition) is 2. The average molecular weight is 407 g/mol. The van der Waals surface area contributed by atoms with Gasteiger partial charge in [-0.1, -0.05) is 23.2 Å². The molecule has 0 spiro atoms. The first kappa shape index (κ1) is 18.0. The van der Waals surface area contributed by atoms with Crippen LogP contribution in [0.4, 0.5) is 0 Å². The molecule has 1 aliphatic heterocycles. The molecule has 2 N–H and O–H groups in total. The zero-order chi connectivity index (χ0) is 19.1. The Labute approximate surface area is 164 Å². The van der Waals surface area contributed by atoms with Gasteiger partial charge in [-0.15, -0.1) is 0 Å². The standard InChI is InChI=1S/C18H16Cl2N4O3/c19-12-7-10(14-2-4-24(22-14)5-6-25)16-11-8-23(15(27)9-26)3-1-13(11)21-18(16)17(12)20/h2,4,6-7,21,26H,1,3,5,8-9H2. The first-order chi connectivity index (χ1) is 13.0. The van der Waals surface area contributed by atoms with Gasteiger partial charge in [0, 0.05) is 47.9 Å². The fourth-order valence-corrected chi connectivity index (χ4v) is 3.94. The van der Waals surface area contributed by atoms with Gasteiger partial charge >= 0.3 is 0 Å². The summed E-state index contributed by atoms with van der Waals surface area (Å²) in [6, 6.07) is 3.56. The lowest BCUT2D eigenvalue weighted by molar-refractivity contribution is -0.135. The van der Waals surface area contributed by atoms with E-state index in [0.29, 0.717) is 40.8 Å². The Balaban J connectivity index is 1.91. The highest BCUT2D eigenvalue weighted by molar-refractivity contribution is 6.45. The summed E-state index contributed by atoms with van der Waals surface area (Å²) in [6.07, 6.45) is 3.12. The van der Waals surface area contributed by atoms with Crippen molar-refractivity contribution in [2.75, 3.05) is 13.2 Å². The Hall–Kier alpha value is -2.35. The van der Waals surface area contributed by atoms with Gasteiger partial charge < -0.3 is 19.8 Å². The third-order valence-corrected chi connectivity index (χ3v) is 5.60. The number of aliphatic hydroxyl groups excluding tert-OH is 1. The number of halogens is 2. The molecule has 140 valence electrons. The third-order valence-electron chi connectivity index (χ3n) is 4.81. The van der Waals surface area contributed by atoms with Gasteiger partial charge in [-0.2, -0.15) is 5.10 Å². The van der Waals surface area contributed by atoms with Crippen molar-refractivity contribution in [1.82, 2.24) is 19.7 Å². The monoisotopic (exact) mass is 406 g/mol. The molecule has 0 bridgehead atoms. The lowest BCUT2D eigenvalue weighted by atomic mass is 9.99. The van der Waals surface area contributed by atoms with Crippen LogP contribution in [0.15, 0.2) is 18.3 Å². The van der Waals surface area contributed by atoms with E-state index in [9.17, 15) is 14.7 Å². The number of hydrogen-bond acceptors (Lipinski definition) is 4. The Kier molecular flexibility index (Phi) is 4.67. The molecule has 2 aromatic heterocycles. The van der Waals surface area contributed by atoms with Gasteiger partial charge in [0.1, 0.15) is 12.9 Å². The summed E-state index contributed by atoms with van der Waals surface area (Å²) in [4.78, 5) is 27.7. The molecule has 0 saturated carbocycles. The highest BCUT2D eigenvalue weighted by Gasteiger charge is 2.27. The van der Waals surface area contributed by atoms with Crippen molar-refractivity contribution in [3.8, 4) is 11.3 Å². The van der Waals surface area contributed by atoms with Crippen molar-refractivity contribution in [2.45, 2.75) is 19.5 Å². The second-order valence-electron chi connectivity index (χ2n) is 6.37. The van der Waals surface area contributed by atoms with Gasteiger partial charge in [0.15, 0.2) is 0 Å². The van der Waals surface area contributed by atoms with Crippen molar-refractivity contribution in [3.05, 3.63) is 39.6 Å². The Morgan fingerprint density at radius 2 is 2.22 bits per heavy atom. The summed E-state index contributed by atoms with van der Waals surface area (Å²) >= 11 is 12.8. The molecular weight excluding hydrogens is 391 g/mol. The van der Waals surface area contributed by atoms with Gasteiger partial charge in [-0.3, -0.25) is 9.48 Å². The topological polar surface area (TPSA) is 91.2 Å². The maximum atomic E-state index is 12.0. The molecule has 0 saturated heterocycles. The lowest BCUT2D eigenvalue weighted by Crippen LogP contribution is -2.37. The maximum Gasteiger partial charge on any atom is 0.248 e. The van der Waals surface area contributed by atoms with Crippen LogP contribution in [0.25, 0.3) is 22.2 Å². The number of nitrogens with one attached hydrogen (secondary N) is 1. The van der Waals surface area contributed by atoms with E-state index in [2.05, 4.69) is 10.1 Å². The highest BCUT2D eigenvalue weighted by atomic mass is 35.5. The summed E-state index contributed by atoms with van der Waals surface area (Å²) < 4.78 is 1.54. The van der Waals surface area contributed by atoms with Crippen LogP contribution in [0.1, 0.15) is 11.3 Å². The minimum Gasteiger partial charge on any atom is -0.387 e. The summed E-state index contributed by atoms with van der Waals surface area (Å²) in [5, 5.41) is 15.3. The fraction of sp³-hybridized carbons (Fsp3) is 0.278. The van der Waals surface area contributed by atoms with Crippen molar-refractivity contribution in [3.63, 3.8) is 0 Å². The summed E-state index contributed by atoms with van der Waals surface area (Å²) in [5.41, 5.74) is 4.07. The minimum atomic E-state index is -0.521. The number of benzene rings is 1. The Morgan fingerprint density at radius 1 is 1.41 bits per heavy atom. The van der Waals surface area contributed by atoms with Gasteiger partial charge in [-0.25, -0.2) is 0 Å². The van der Waals surface area contributed by atoms with E-state index in [-0.39, 0.29) is 12.5 Å². The number of aromatic amines is 1. The van der Waals surface area contributed by atoms with Crippen LogP contribution in [0.2, 0.25) is 10.0 Å². The highest BCUT2D eigenvalue weighted by Crippen LogP contribution is 2.41. The minimum absolute atomic E-state index is 0.161. The largest absolute Gasteiger partial charge is 0.387 e. The van der Waals surface area contributed by atoms with Crippen LogP contribution >= 0.6 is 23.2 Å². The zero-order valence-electron chi connectivity index (χ0n) is 14.2. The molecule has 0 atom stereocenters. The first-order valence-electron chi connectivity index (χ1n) is 8.41.